The largest absolute Gasteiger partial charge is 0.379 e. The summed E-state index contributed by atoms with van der Waals surface area (Å²) >= 11 is 0. The van der Waals surface area contributed by atoms with Crippen LogP contribution >= 0.6 is 0 Å². The van der Waals surface area contributed by atoms with E-state index < -0.39 is 27.3 Å². The molecule has 0 atom stereocenters. The standard InChI is InChI=1S/C23H24N4O6S/c28-21(15-26-23(30)19-14-24-20-4-2-1-3-18(20)22(19)29)25-13-16-5-7-17(8-6-16)34(31,32)27-9-11-33-12-10-27/h1-8,14H,9-13,15H2,(H,24,29)(H,25,28)(H,26,30). The molecule has 10 nitrogen and oxygen atoms in total. The second-order valence-corrected chi connectivity index (χ2v) is 9.63. The number of ether oxygens (including phenoxy) is 1. The number of carbonyl (C=O) groups excluding carboxylic acids is 2. The Hall–Kier alpha value is -3.54. The van der Waals surface area contributed by atoms with Crippen LogP contribution in [0.3, 0.4) is 0 Å². The van der Waals surface area contributed by atoms with Gasteiger partial charge in [-0.25, -0.2) is 8.42 Å². The van der Waals surface area contributed by atoms with E-state index in [4.69, 9.17) is 4.74 Å². The molecule has 2 amide bonds. The molecule has 0 radical (unpaired) electrons. The molecule has 1 aliphatic heterocycles. The number of aromatic amines is 1. The third kappa shape index (κ3) is 5.16. The van der Waals surface area contributed by atoms with E-state index >= 15 is 0 Å². The van der Waals surface area contributed by atoms with E-state index in [2.05, 4.69) is 15.6 Å². The highest BCUT2D eigenvalue weighted by Gasteiger charge is 2.26. The number of pyridine rings is 1. The van der Waals surface area contributed by atoms with Gasteiger partial charge in [-0.2, -0.15) is 4.31 Å². The molecule has 3 N–H and O–H groups in total. The fraction of sp³-hybridized carbons (Fsp3) is 0.261. The van der Waals surface area contributed by atoms with Crippen molar-refractivity contribution in [1.29, 1.82) is 0 Å². The summed E-state index contributed by atoms with van der Waals surface area (Å²) in [4.78, 5) is 40.1. The minimum Gasteiger partial charge on any atom is -0.379 e. The molecule has 178 valence electrons. The van der Waals surface area contributed by atoms with Crippen LogP contribution in [-0.2, 0) is 26.1 Å². The molecule has 0 aliphatic carbocycles. The SMILES string of the molecule is O=C(CNC(=O)c1c[nH]c2ccccc2c1=O)NCc1ccc(S(=O)(=O)N2CCOCC2)cc1. The number of rotatable bonds is 7. The number of aromatic nitrogens is 1. The number of amides is 2. The molecule has 1 fully saturated rings. The maximum absolute atomic E-state index is 12.7. The number of hydrogen-bond acceptors (Lipinski definition) is 6. The Morgan fingerprint density at radius 1 is 1.00 bits per heavy atom. The van der Waals surface area contributed by atoms with E-state index in [1.807, 2.05) is 0 Å². The Morgan fingerprint density at radius 2 is 1.71 bits per heavy atom. The Kier molecular flexibility index (Phi) is 7.06. The second-order valence-electron chi connectivity index (χ2n) is 7.70. The molecule has 1 aromatic heterocycles. The van der Waals surface area contributed by atoms with Crippen LogP contribution < -0.4 is 16.1 Å². The Morgan fingerprint density at radius 3 is 2.44 bits per heavy atom. The molecule has 2 heterocycles. The molecule has 0 saturated carbocycles. The van der Waals surface area contributed by atoms with Crippen molar-refractivity contribution in [2.75, 3.05) is 32.8 Å². The summed E-state index contributed by atoms with van der Waals surface area (Å²) in [6, 6.07) is 13.1. The number of carbonyl (C=O) groups is 2. The van der Waals surface area contributed by atoms with Crippen LogP contribution in [-0.4, -0.2) is 62.4 Å². The van der Waals surface area contributed by atoms with Crippen molar-refractivity contribution in [2.24, 2.45) is 0 Å². The summed E-state index contributed by atoms with van der Waals surface area (Å²) in [7, 11) is -3.58. The van der Waals surface area contributed by atoms with Crippen LogP contribution in [0.1, 0.15) is 15.9 Å². The summed E-state index contributed by atoms with van der Waals surface area (Å²) in [6.07, 6.45) is 1.32. The maximum atomic E-state index is 12.7. The van der Waals surface area contributed by atoms with Crippen LogP contribution in [0, 0.1) is 0 Å². The minimum atomic E-state index is -3.58. The van der Waals surface area contributed by atoms with Gasteiger partial charge in [0.05, 0.1) is 24.7 Å². The van der Waals surface area contributed by atoms with Gasteiger partial charge in [-0.1, -0.05) is 24.3 Å². The number of sulfonamides is 1. The van der Waals surface area contributed by atoms with Crippen molar-refractivity contribution < 1.29 is 22.7 Å². The minimum absolute atomic E-state index is 0.0800. The first-order chi connectivity index (χ1) is 16.4. The van der Waals surface area contributed by atoms with Crippen LogP contribution in [0.4, 0.5) is 0 Å². The highest BCUT2D eigenvalue weighted by atomic mass is 32.2. The third-order valence-corrected chi connectivity index (χ3v) is 7.38. The monoisotopic (exact) mass is 484 g/mol. The Labute approximate surface area is 196 Å². The number of fused-ring (bicyclic) bond motifs is 1. The predicted molar refractivity (Wildman–Crippen MR) is 125 cm³/mol. The Balaban J connectivity index is 1.30. The molecular weight excluding hydrogens is 460 g/mol. The fourth-order valence-corrected chi connectivity index (χ4v) is 4.98. The normalized spacial score (nSPS) is 14.6. The highest BCUT2D eigenvalue weighted by molar-refractivity contribution is 7.89. The topological polar surface area (TPSA) is 138 Å². The smallest absolute Gasteiger partial charge is 0.257 e. The lowest BCUT2D eigenvalue weighted by atomic mass is 10.1. The van der Waals surface area contributed by atoms with Crippen LogP contribution in [0.15, 0.2) is 64.4 Å². The van der Waals surface area contributed by atoms with E-state index in [0.717, 1.165) is 0 Å². The van der Waals surface area contributed by atoms with E-state index in [0.29, 0.717) is 42.8 Å². The molecule has 0 spiro atoms. The zero-order chi connectivity index (χ0) is 24.1. The lowest BCUT2D eigenvalue weighted by Crippen LogP contribution is -2.40. The predicted octanol–water partition coefficient (Wildman–Crippen LogP) is 0.595. The van der Waals surface area contributed by atoms with Crippen LogP contribution in [0.2, 0.25) is 0 Å². The van der Waals surface area contributed by atoms with Crippen LogP contribution in [0.5, 0.6) is 0 Å². The van der Waals surface area contributed by atoms with Gasteiger partial charge in [-0.3, -0.25) is 14.4 Å². The molecule has 1 aliphatic rings. The van der Waals surface area contributed by atoms with Crippen LogP contribution in [0.25, 0.3) is 10.9 Å². The highest BCUT2D eigenvalue weighted by Crippen LogP contribution is 2.17. The third-order valence-electron chi connectivity index (χ3n) is 5.46. The maximum Gasteiger partial charge on any atom is 0.257 e. The van der Waals surface area contributed by atoms with Gasteiger partial charge >= 0.3 is 0 Å². The molecule has 11 heteroatoms. The van der Waals surface area contributed by atoms with Crippen molar-refractivity contribution in [3.63, 3.8) is 0 Å². The summed E-state index contributed by atoms with van der Waals surface area (Å²) in [5.74, 6) is -1.10. The van der Waals surface area contributed by atoms with Crippen molar-refractivity contribution in [3.05, 3.63) is 76.1 Å². The summed E-state index contributed by atoms with van der Waals surface area (Å²) < 4.78 is 31.9. The first kappa shape index (κ1) is 23.6. The van der Waals surface area contributed by atoms with Crippen molar-refractivity contribution >= 4 is 32.7 Å². The summed E-state index contributed by atoms with van der Waals surface area (Å²) in [6.45, 7) is 1.22. The van der Waals surface area contributed by atoms with Gasteiger partial charge in [-0.05, 0) is 29.8 Å². The number of nitrogens with zero attached hydrogens (tertiary/aromatic N) is 1. The van der Waals surface area contributed by atoms with E-state index in [1.165, 1.54) is 22.6 Å². The van der Waals surface area contributed by atoms with Gasteiger partial charge in [0.2, 0.25) is 21.4 Å². The number of nitrogens with one attached hydrogen (secondary N) is 3. The first-order valence-corrected chi connectivity index (χ1v) is 12.1. The molecule has 0 unspecified atom stereocenters. The number of hydrogen-bond donors (Lipinski definition) is 3. The number of morpholine rings is 1. The lowest BCUT2D eigenvalue weighted by Gasteiger charge is -2.26. The van der Waals surface area contributed by atoms with Crippen molar-refractivity contribution in [1.82, 2.24) is 19.9 Å². The lowest BCUT2D eigenvalue weighted by molar-refractivity contribution is -0.120. The molecule has 0 bridgehead atoms. The van der Waals surface area contributed by atoms with E-state index in [9.17, 15) is 22.8 Å². The molecular formula is C23H24N4O6S. The second kappa shape index (κ2) is 10.2. The molecule has 4 rings (SSSR count). The summed E-state index contributed by atoms with van der Waals surface area (Å²) in [5.41, 5.74) is 0.820. The molecule has 3 aromatic rings. The van der Waals surface area contributed by atoms with Crippen molar-refractivity contribution in [2.45, 2.75) is 11.4 Å². The number of benzene rings is 2. The average Bonchev–Trinajstić information content (AvgIpc) is 2.87. The average molecular weight is 485 g/mol. The van der Waals surface area contributed by atoms with Gasteiger partial charge in [0, 0.05) is 36.7 Å². The first-order valence-electron chi connectivity index (χ1n) is 10.7. The fourth-order valence-electron chi connectivity index (χ4n) is 3.57. The van der Waals surface area contributed by atoms with Crippen molar-refractivity contribution in [3.8, 4) is 0 Å². The zero-order valence-electron chi connectivity index (χ0n) is 18.2. The molecule has 2 aromatic carbocycles. The van der Waals surface area contributed by atoms with E-state index in [-0.39, 0.29) is 23.5 Å². The number of para-hydroxylation sites is 1. The summed E-state index contributed by atoms with van der Waals surface area (Å²) in [5, 5.41) is 5.48. The van der Waals surface area contributed by atoms with E-state index in [1.54, 1.807) is 36.4 Å². The quantitative estimate of drug-likeness (QED) is 0.449. The van der Waals surface area contributed by atoms with Gasteiger partial charge in [0.25, 0.3) is 5.91 Å². The molecule has 34 heavy (non-hydrogen) atoms. The number of H-pyrrole nitrogens is 1. The van der Waals surface area contributed by atoms with Gasteiger partial charge < -0.3 is 20.4 Å². The van der Waals surface area contributed by atoms with Gasteiger partial charge in [0.15, 0.2) is 0 Å². The zero-order valence-corrected chi connectivity index (χ0v) is 19.1. The Bertz CT molecular complexity index is 1360. The molecule has 1 saturated heterocycles. The van der Waals surface area contributed by atoms with Gasteiger partial charge in [0.1, 0.15) is 5.56 Å². The van der Waals surface area contributed by atoms with Gasteiger partial charge in [-0.15, -0.1) is 0 Å².